The number of aromatic carboxylic acids is 1. The molecule has 0 fully saturated rings. The van der Waals surface area contributed by atoms with Crippen LogP contribution >= 0.6 is 38.5 Å². The summed E-state index contributed by atoms with van der Waals surface area (Å²) in [5.41, 5.74) is 4.69. The highest BCUT2D eigenvalue weighted by atomic mass is 127. The molecule has 0 spiro atoms. The zero-order valence-electron chi connectivity index (χ0n) is 19.1. The Morgan fingerprint density at radius 3 is 2.61 bits per heavy atom. The molecule has 0 saturated carbocycles. The number of aromatic nitrogens is 1. The average Bonchev–Trinajstić information content (AvgIpc) is 3.36. The minimum Gasteiger partial charge on any atom is -0.507 e. The highest BCUT2D eigenvalue weighted by molar-refractivity contribution is 14.1. The van der Waals surface area contributed by atoms with E-state index in [1.54, 1.807) is 4.90 Å². The third kappa shape index (κ3) is 4.20. The van der Waals surface area contributed by atoms with Gasteiger partial charge in [-0.25, -0.2) is 4.79 Å². The number of aromatic hydroxyl groups is 1. The molecular weight excluding hydrogens is 639 g/mol. The smallest absolute Gasteiger partial charge is 0.339 e. The van der Waals surface area contributed by atoms with Gasteiger partial charge in [0.25, 0.3) is 5.91 Å². The third-order valence-electron chi connectivity index (χ3n) is 6.47. The van der Waals surface area contributed by atoms with Crippen LogP contribution in [0, 0.1) is 3.57 Å². The van der Waals surface area contributed by atoms with Gasteiger partial charge in [-0.15, -0.1) is 0 Å². The molecule has 0 atom stereocenters. The van der Waals surface area contributed by atoms with Crippen molar-refractivity contribution in [2.75, 3.05) is 11.4 Å². The van der Waals surface area contributed by atoms with Gasteiger partial charge in [-0.05, 0) is 76.0 Å². The third-order valence-corrected chi connectivity index (χ3v) is 8.06. The van der Waals surface area contributed by atoms with E-state index in [2.05, 4.69) is 38.5 Å². The monoisotopic (exact) mass is 658 g/mol. The van der Waals surface area contributed by atoms with Gasteiger partial charge in [-0.3, -0.25) is 9.59 Å². The number of amides is 1. The lowest BCUT2D eigenvalue weighted by Gasteiger charge is -2.16. The lowest BCUT2D eigenvalue weighted by atomic mass is 10.0. The van der Waals surface area contributed by atoms with Crippen LogP contribution in [-0.2, 0) is 29.5 Å². The molecule has 1 aromatic heterocycles. The molecule has 0 radical (unpaired) electrons. The largest absolute Gasteiger partial charge is 0.507 e. The molecule has 9 heteroatoms. The summed E-state index contributed by atoms with van der Waals surface area (Å²) in [5, 5.41) is 20.3. The van der Waals surface area contributed by atoms with Gasteiger partial charge >= 0.3 is 5.97 Å². The Balaban J connectivity index is 1.44. The summed E-state index contributed by atoms with van der Waals surface area (Å²) in [7, 11) is 1.84. The van der Waals surface area contributed by atoms with Crippen LogP contribution in [-0.4, -0.2) is 39.0 Å². The van der Waals surface area contributed by atoms with Gasteiger partial charge < -0.3 is 19.7 Å². The van der Waals surface area contributed by atoms with Crippen molar-refractivity contribution >= 4 is 72.8 Å². The fourth-order valence-corrected chi connectivity index (χ4v) is 6.25. The summed E-state index contributed by atoms with van der Waals surface area (Å²) in [6.45, 7) is 0.482. The number of aryl methyl sites for hydroxylation is 1. The molecule has 7 nitrogen and oxygen atoms in total. The molecule has 2 N–H and O–H groups in total. The van der Waals surface area contributed by atoms with E-state index in [1.807, 2.05) is 54.1 Å². The van der Waals surface area contributed by atoms with Crippen molar-refractivity contribution < 1.29 is 24.6 Å². The number of halogens is 2. The molecule has 3 aromatic carbocycles. The van der Waals surface area contributed by atoms with E-state index in [4.69, 9.17) is 0 Å². The van der Waals surface area contributed by atoms with Gasteiger partial charge in [0.1, 0.15) is 11.3 Å². The summed E-state index contributed by atoms with van der Waals surface area (Å²) >= 11 is 5.61. The summed E-state index contributed by atoms with van der Waals surface area (Å²) in [5.74, 6) is -2.50. The van der Waals surface area contributed by atoms with Crippen molar-refractivity contribution in [2.45, 2.75) is 12.8 Å². The second kappa shape index (κ2) is 9.36. The molecule has 1 aliphatic heterocycles. The Morgan fingerprint density at radius 2 is 1.86 bits per heavy atom. The average molecular weight is 659 g/mol. The number of carbonyl (C=O) groups excluding carboxylic acids is 2. The minimum absolute atomic E-state index is 0.0283. The van der Waals surface area contributed by atoms with Gasteiger partial charge in [0.2, 0.25) is 5.78 Å². The Bertz CT molecular complexity index is 1590. The highest BCUT2D eigenvalue weighted by Crippen LogP contribution is 2.37. The molecule has 5 rings (SSSR count). The van der Waals surface area contributed by atoms with E-state index in [-0.39, 0.29) is 17.7 Å². The van der Waals surface area contributed by atoms with E-state index < -0.39 is 17.7 Å². The van der Waals surface area contributed by atoms with E-state index in [1.165, 1.54) is 12.1 Å². The first-order valence-corrected chi connectivity index (χ1v) is 13.0. The number of phenols is 1. The number of rotatable bonds is 5. The molecule has 36 heavy (non-hydrogen) atoms. The lowest BCUT2D eigenvalue weighted by Crippen LogP contribution is -2.36. The van der Waals surface area contributed by atoms with Gasteiger partial charge in [-0.2, -0.15) is 0 Å². The van der Waals surface area contributed by atoms with Crippen LogP contribution in [0.1, 0.15) is 21.5 Å². The molecule has 4 aromatic rings. The zero-order chi connectivity index (χ0) is 25.7. The molecular formula is C27H20BrIN2O5. The molecule has 0 unspecified atom stereocenters. The number of fused-ring (bicyclic) bond motifs is 2. The van der Waals surface area contributed by atoms with Crippen molar-refractivity contribution in [3.8, 4) is 17.0 Å². The lowest BCUT2D eigenvalue weighted by molar-refractivity contribution is -0.135. The van der Waals surface area contributed by atoms with Crippen LogP contribution in [0.4, 0.5) is 5.69 Å². The molecule has 0 bridgehead atoms. The van der Waals surface area contributed by atoms with Gasteiger partial charge in [0.05, 0.1) is 11.2 Å². The molecule has 1 aliphatic rings. The van der Waals surface area contributed by atoms with Gasteiger partial charge in [0.15, 0.2) is 0 Å². The van der Waals surface area contributed by atoms with Crippen molar-refractivity contribution in [3.05, 3.63) is 79.3 Å². The maximum Gasteiger partial charge on any atom is 0.339 e. The van der Waals surface area contributed by atoms with E-state index in [9.17, 15) is 24.6 Å². The number of hydrogen-bond donors (Lipinski definition) is 2. The van der Waals surface area contributed by atoms with Crippen LogP contribution in [0.15, 0.2) is 59.1 Å². The summed E-state index contributed by atoms with van der Waals surface area (Å²) in [6, 6.07) is 16.0. The number of ketones is 1. The van der Waals surface area contributed by atoms with Crippen LogP contribution in [0.3, 0.4) is 0 Å². The summed E-state index contributed by atoms with van der Waals surface area (Å²) in [6.07, 6.45) is 0.682. The van der Waals surface area contributed by atoms with Crippen LogP contribution in [0.5, 0.6) is 5.75 Å². The van der Waals surface area contributed by atoms with Gasteiger partial charge in [-0.1, -0.05) is 34.1 Å². The fourth-order valence-electron chi connectivity index (χ4n) is 4.74. The molecule has 1 amide bonds. The predicted molar refractivity (Wildman–Crippen MR) is 149 cm³/mol. The second-order valence-electron chi connectivity index (χ2n) is 8.69. The van der Waals surface area contributed by atoms with E-state index in [0.29, 0.717) is 29.4 Å². The topological polar surface area (TPSA) is 99.8 Å². The first-order chi connectivity index (χ1) is 17.2. The van der Waals surface area contributed by atoms with Crippen LogP contribution < -0.4 is 4.90 Å². The number of Topliss-reactive ketones (excluding diaryl/α,β-unsaturated/α-hetero) is 1. The van der Waals surface area contributed by atoms with Crippen LogP contribution in [0.25, 0.3) is 22.2 Å². The van der Waals surface area contributed by atoms with Crippen molar-refractivity contribution in [3.63, 3.8) is 0 Å². The molecule has 0 aliphatic carbocycles. The highest BCUT2D eigenvalue weighted by Gasteiger charge is 2.29. The number of benzene rings is 3. The summed E-state index contributed by atoms with van der Waals surface area (Å²) < 4.78 is 3.65. The number of nitrogens with zero attached hydrogens (tertiary/aromatic N) is 2. The SMILES string of the molecule is Cn1c(-c2cccc(CC(=O)C(=O)N3CCc4cc(Br)ccc43)c2)c(I)c2cc(C(=O)O)c(O)cc21. The van der Waals surface area contributed by atoms with E-state index in [0.717, 1.165) is 30.6 Å². The Labute approximate surface area is 228 Å². The molecule has 0 saturated heterocycles. The maximum absolute atomic E-state index is 13.0. The van der Waals surface area contributed by atoms with Crippen LogP contribution in [0.2, 0.25) is 0 Å². The quantitative estimate of drug-likeness (QED) is 0.224. The number of carbonyl (C=O) groups is 3. The van der Waals surface area contributed by atoms with Gasteiger partial charge in [0, 0.05) is 45.2 Å². The Morgan fingerprint density at radius 1 is 1.08 bits per heavy atom. The first-order valence-electron chi connectivity index (χ1n) is 11.1. The Hall–Kier alpha value is -3.18. The molecule has 182 valence electrons. The number of carboxylic acid groups (broad SMARTS) is 1. The van der Waals surface area contributed by atoms with Crippen molar-refractivity contribution in [1.82, 2.24) is 4.57 Å². The maximum atomic E-state index is 13.0. The van der Waals surface area contributed by atoms with E-state index >= 15 is 0 Å². The number of anilines is 1. The predicted octanol–water partition coefficient (Wildman–Crippen LogP) is 5.32. The number of hydrogen-bond acceptors (Lipinski definition) is 4. The zero-order valence-corrected chi connectivity index (χ0v) is 22.8. The normalized spacial score (nSPS) is 12.7. The molecule has 2 heterocycles. The Kier molecular flexibility index (Phi) is 6.37. The van der Waals surface area contributed by atoms with Crippen molar-refractivity contribution in [1.29, 1.82) is 0 Å². The standard InChI is InChI=1S/C27H20BrIN2O5/c1-30-21-13-22(32)19(27(35)36)12-18(21)24(29)25(30)16-4-2-3-14(9-16)10-23(33)26(34)31-8-7-15-11-17(28)5-6-20(15)31/h2-6,9,11-13,32H,7-8,10H2,1H3,(H,35,36). The fraction of sp³-hybridized carbons (Fsp3) is 0.148. The second-order valence-corrected chi connectivity index (χ2v) is 10.7. The minimum atomic E-state index is -1.20. The first kappa shape index (κ1) is 24.5. The number of carboxylic acids is 1. The summed E-state index contributed by atoms with van der Waals surface area (Å²) in [4.78, 5) is 39.0. The van der Waals surface area contributed by atoms with Crippen molar-refractivity contribution in [2.24, 2.45) is 7.05 Å².